The molecule has 1 aromatic carbocycles. The van der Waals surface area contributed by atoms with E-state index >= 15 is 0 Å². The number of nitrogens with one attached hydrogen (secondary N) is 2. The minimum Gasteiger partial charge on any atom is -0.328 e. The molecule has 0 aliphatic carbocycles. The fraction of sp³-hybridized carbons (Fsp3) is 0.529. The maximum absolute atomic E-state index is 3.21. The third-order valence-corrected chi connectivity index (χ3v) is 3.63. The molecular weight excluding hydrogens is 232 g/mol. The van der Waals surface area contributed by atoms with E-state index in [9.17, 15) is 0 Å². The van der Waals surface area contributed by atoms with Crippen LogP contribution in [0, 0.1) is 5.41 Å². The van der Waals surface area contributed by atoms with Gasteiger partial charge in [-0.25, -0.2) is 5.43 Å². The van der Waals surface area contributed by atoms with Crippen molar-refractivity contribution < 1.29 is 0 Å². The summed E-state index contributed by atoms with van der Waals surface area (Å²) in [6.45, 7) is 11.6. The first kappa shape index (κ1) is 14.1. The molecular formula is C17H26N2. The van der Waals surface area contributed by atoms with Crippen LogP contribution in [0.2, 0.25) is 0 Å². The van der Waals surface area contributed by atoms with E-state index < -0.39 is 0 Å². The molecule has 1 atom stereocenters. The van der Waals surface area contributed by atoms with E-state index in [1.807, 2.05) is 6.20 Å². The van der Waals surface area contributed by atoms with Crippen LogP contribution in [0.3, 0.4) is 0 Å². The lowest BCUT2D eigenvalue weighted by atomic mass is 9.72. The first-order chi connectivity index (χ1) is 8.78. The van der Waals surface area contributed by atoms with Gasteiger partial charge in [-0.1, -0.05) is 58.9 Å². The van der Waals surface area contributed by atoms with Gasteiger partial charge in [0.2, 0.25) is 0 Å². The molecule has 0 aromatic heterocycles. The quantitative estimate of drug-likeness (QED) is 0.854. The highest BCUT2D eigenvalue weighted by atomic mass is 15.4. The zero-order chi connectivity index (χ0) is 14.1. The molecule has 0 amide bonds. The van der Waals surface area contributed by atoms with Crippen LogP contribution in [0.5, 0.6) is 0 Å². The summed E-state index contributed by atoms with van der Waals surface area (Å²) in [4.78, 5) is 0. The number of rotatable bonds is 3. The maximum atomic E-state index is 3.21. The van der Waals surface area contributed by atoms with Crippen LogP contribution in [-0.2, 0) is 5.41 Å². The number of hydrogen-bond donors (Lipinski definition) is 2. The van der Waals surface area contributed by atoms with E-state index in [1.165, 1.54) is 17.5 Å². The van der Waals surface area contributed by atoms with Gasteiger partial charge in [-0.05, 0) is 34.5 Å². The molecule has 2 nitrogen and oxygen atoms in total. The molecule has 1 heterocycles. The third kappa shape index (κ3) is 3.60. The highest BCUT2D eigenvalue weighted by molar-refractivity contribution is 5.32. The van der Waals surface area contributed by atoms with Crippen molar-refractivity contribution in [3.8, 4) is 0 Å². The lowest BCUT2D eigenvalue weighted by Gasteiger charge is -2.33. The molecule has 0 saturated heterocycles. The molecule has 0 saturated carbocycles. The number of hydrogen-bond acceptors (Lipinski definition) is 2. The summed E-state index contributed by atoms with van der Waals surface area (Å²) in [6, 6.07) is 9.30. The Kier molecular flexibility index (Phi) is 3.73. The normalized spacial score (nSPS) is 19.5. The van der Waals surface area contributed by atoms with Gasteiger partial charge in [0.15, 0.2) is 0 Å². The zero-order valence-electron chi connectivity index (χ0n) is 12.7. The fourth-order valence-electron chi connectivity index (χ4n) is 3.09. The van der Waals surface area contributed by atoms with Gasteiger partial charge in [-0.15, -0.1) is 0 Å². The van der Waals surface area contributed by atoms with Gasteiger partial charge < -0.3 is 5.43 Å². The van der Waals surface area contributed by atoms with E-state index in [1.54, 1.807) is 0 Å². The van der Waals surface area contributed by atoms with Crippen molar-refractivity contribution in [3.63, 3.8) is 0 Å². The second-order valence-electron chi connectivity index (χ2n) is 7.37. The minimum absolute atomic E-state index is 0.216. The predicted octanol–water partition coefficient (Wildman–Crippen LogP) is 4.06. The molecule has 19 heavy (non-hydrogen) atoms. The summed E-state index contributed by atoms with van der Waals surface area (Å²) >= 11 is 0. The van der Waals surface area contributed by atoms with Crippen molar-refractivity contribution in [1.82, 2.24) is 10.9 Å². The predicted molar refractivity (Wildman–Crippen MR) is 81.7 cm³/mol. The highest BCUT2D eigenvalue weighted by Gasteiger charge is 2.27. The molecule has 0 radical (unpaired) electrons. The molecule has 0 bridgehead atoms. The SMILES string of the molecule is CC(C)(C)CC(C)(C)c1ccc(C2C=CNN2)cc1. The molecule has 1 aromatic rings. The van der Waals surface area contributed by atoms with Crippen LogP contribution < -0.4 is 10.9 Å². The van der Waals surface area contributed by atoms with Gasteiger partial charge in [-0.3, -0.25) is 0 Å². The van der Waals surface area contributed by atoms with Gasteiger partial charge in [-0.2, -0.15) is 0 Å². The van der Waals surface area contributed by atoms with Gasteiger partial charge in [0.1, 0.15) is 0 Å². The summed E-state index contributed by atoms with van der Waals surface area (Å²) in [5.41, 5.74) is 9.51. The van der Waals surface area contributed by atoms with Crippen molar-refractivity contribution in [2.24, 2.45) is 5.41 Å². The Morgan fingerprint density at radius 1 is 1.00 bits per heavy atom. The summed E-state index contributed by atoms with van der Waals surface area (Å²) in [6.07, 6.45) is 5.26. The van der Waals surface area contributed by atoms with E-state index in [-0.39, 0.29) is 5.41 Å². The largest absolute Gasteiger partial charge is 0.328 e. The summed E-state index contributed by atoms with van der Waals surface area (Å²) < 4.78 is 0. The van der Waals surface area contributed by atoms with Gasteiger partial charge in [0, 0.05) is 6.20 Å². The number of benzene rings is 1. The highest BCUT2D eigenvalue weighted by Crippen LogP contribution is 2.36. The Morgan fingerprint density at radius 2 is 1.63 bits per heavy atom. The van der Waals surface area contributed by atoms with Gasteiger partial charge in [0.25, 0.3) is 0 Å². The van der Waals surface area contributed by atoms with E-state index in [2.05, 4.69) is 75.8 Å². The van der Waals surface area contributed by atoms with Crippen LogP contribution in [0.4, 0.5) is 0 Å². The zero-order valence-corrected chi connectivity index (χ0v) is 12.7. The Bertz CT molecular complexity index is 449. The van der Waals surface area contributed by atoms with Crippen molar-refractivity contribution in [1.29, 1.82) is 0 Å². The first-order valence-electron chi connectivity index (χ1n) is 7.06. The van der Waals surface area contributed by atoms with Crippen LogP contribution in [0.1, 0.15) is 58.2 Å². The fourth-order valence-corrected chi connectivity index (χ4v) is 3.09. The first-order valence-corrected chi connectivity index (χ1v) is 7.06. The molecule has 1 aliphatic rings. The average molecular weight is 258 g/mol. The second kappa shape index (κ2) is 5.01. The lowest BCUT2D eigenvalue weighted by Crippen LogP contribution is -2.25. The maximum Gasteiger partial charge on any atom is 0.0707 e. The molecule has 2 N–H and O–H groups in total. The third-order valence-electron chi connectivity index (χ3n) is 3.63. The molecule has 104 valence electrons. The van der Waals surface area contributed by atoms with Gasteiger partial charge >= 0.3 is 0 Å². The summed E-state index contributed by atoms with van der Waals surface area (Å²) in [5.74, 6) is 0. The molecule has 2 rings (SSSR count). The lowest BCUT2D eigenvalue weighted by molar-refractivity contribution is 0.284. The molecule has 2 heteroatoms. The van der Waals surface area contributed by atoms with Crippen LogP contribution in [0.25, 0.3) is 0 Å². The van der Waals surface area contributed by atoms with Crippen LogP contribution in [0.15, 0.2) is 36.5 Å². The topological polar surface area (TPSA) is 24.1 Å². The van der Waals surface area contributed by atoms with Crippen molar-refractivity contribution >= 4 is 0 Å². The Morgan fingerprint density at radius 3 is 2.11 bits per heavy atom. The van der Waals surface area contributed by atoms with Crippen molar-refractivity contribution in [3.05, 3.63) is 47.7 Å². The van der Waals surface area contributed by atoms with Crippen LogP contribution in [-0.4, -0.2) is 0 Å². The second-order valence-corrected chi connectivity index (χ2v) is 7.37. The average Bonchev–Trinajstić information content (AvgIpc) is 2.79. The van der Waals surface area contributed by atoms with Crippen molar-refractivity contribution in [2.45, 2.75) is 52.5 Å². The minimum atomic E-state index is 0.216. The van der Waals surface area contributed by atoms with E-state index in [4.69, 9.17) is 0 Å². The number of hydrazine groups is 1. The monoisotopic (exact) mass is 258 g/mol. The molecule has 0 fully saturated rings. The van der Waals surface area contributed by atoms with Crippen molar-refractivity contribution in [2.75, 3.05) is 0 Å². The van der Waals surface area contributed by atoms with Gasteiger partial charge in [0.05, 0.1) is 6.04 Å². The molecule has 0 spiro atoms. The molecule has 1 unspecified atom stereocenters. The smallest absolute Gasteiger partial charge is 0.0707 e. The van der Waals surface area contributed by atoms with E-state index in [0.717, 1.165) is 0 Å². The van der Waals surface area contributed by atoms with E-state index in [0.29, 0.717) is 11.5 Å². The Hall–Kier alpha value is -1.28. The van der Waals surface area contributed by atoms with Crippen LogP contribution >= 0.6 is 0 Å². The standard InChI is InChI=1S/C17H26N2/c1-16(2,3)12-17(4,5)14-8-6-13(7-9-14)15-10-11-18-19-15/h6-11,15,18-19H,12H2,1-5H3. The summed E-state index contributed by atoms with van der Waals surface area (Å²) in [5, 5.41) is 0. The molecule has 1 aliphatic heterocycles. The Balaban J connectivity index is 2.15. The Labute approximate surface area is 117 Å². The summed E-state index contributed by atoms with van der Waals surface area (Å²) in [7, 11) is 0.